The lowest BCUT2D eigenvalue weighted by Gasteiger charge is -2.42. The second-order valence-electron chi connectivity index (χ2n) is 5.92. The Kier molecular flexibility index (Phi) is 5.38. The van der Waals surface area contributed by atoms with Crippen molar-refractivity contribution in [1.29, 1.82) is 0 Å². The fraction of sp³-hybridized carbons (Fsp3) is 0.562. The van der Waals surface area contributed by atoms with Gasteiger partial charge in [0, 0.05) is 36.1 Å². The molecular formula is C16H22BrFN2O. The van der Waals surface area contributed by atoms with E-state index in [0.717, 1.165) is 17.6 Å². The average molecular weight is 357 g/mol. The van der Waals surface area contributed by atoms with Crippen molar-refractivity contribution >= 4 is 21.8 Å². The van der Waals surface area contributed by atoms with Crippen LogP contribution in [-0.4, -0.2) is 47.9 Å². The van der Waals surface area contributed by atoms with Crippen LogP contribution in [-0.2, 0) is 11.2 Å². The number of hydrogen-bond donors (Lipinski definition) is 0. The van der Waals surface area contributed by atoms with Crippen LogP contribution in [0.25, 0.3) is 0 Å². The Balaban J connectivity index is 1.95. The van der Waals surface area contributed by atoms with Gasteiger partial charge in [0.05, 0.1) is 0 Å². The molecule has 0 unspecified atom stereocenters. The first-order valence-corrected chi connectivity index (χ1v) is 8.11. The molecule has 0 aromatic heterocycles. The maximum Gasteiger partial charge on any atom is 0.223 e. The molecule has 1 amide bonds. The molecule has 5 heteroatoms. The van der Waals surface area contributed by atoms with E-state index in [1.54, 1.807) is 6.07 Å². The molecule has 0 aliphatic carbocycles. The molecule has 0 N–H and O–H groups in total. The highest BCUT2D eigenvalue weighted by atomic mass is 79.9. The predicted molar refractivity (Wildman–Crippen MR) is 85.7 cm³/mol. The van der Waals surface area contributed by atoms with E-state index >= 15 is 0 Å². The zero-order chi connectivity index (χ0) is 15.6. The normalized spacial score (nSPS) is 23.4. The minimum absolute atomic E-state index is 0.116. The number of carbonyl (C=O) groups is 1. The number of rotatable bonds is 3. The van der Waals surface area contributed by atoms with Gasteiger partial charge in [-0.1, -0.05) is 22.0 Å². The minimum Gasteiger partial charge on any atom is -0.337 e. The van der Waals surface area contributed by atoms with Crippen molar-refractivity contribution in [3.05, 3.63) is 34.1 Å². The van der Waals surface area contributed by atoms with Gasteiger partial charge in [0.25, 0.3) is 0 Å². The van der Waals surface area contributed by atoms with E-state index in [1.807, 2.05) is 11.0 Å². The van der Waals surface area contributed by atoms with E-state index in [-0.39, 0.29) is 17.8 Å². The molecule has 1 aliphatic rings. The molecule has 0 bridgehead atoms. The highest BCUT2D eigenvalue weighted by molar-refractivity contribution is 9.10. The Morgan fingerprint density at radius 3 is 2.71 bits per heavy atom. The van der Waals surface area contributed by atoms with Crippen LogP contribution in [0.5, 0.6) is 0 Å². The number of nitrogens with zero attached hydrogens (tertiary/aromatic N) is 2. The zero-order valence-electron chi connectivity index (χ0n) is 12.8. The Labute approximate surface area is 134 Å². The highest BCUT2D eigenvalue weighted by Gasteiger charge is 2.29. The van der Waals surface area contributed by atoms with Crippen molar-refractivity contribution in [1.82, 2.24) is 9.80 Å². The van der Waals surface area contributed by atoms with Crippen molar-refractivity contribution in [3.63, 3.8) is 0 Å². The smallest absolute Gasteiger partial charge is 0.223 e. The molecule has 1 aliphatic heterocycles. The summed E-state index contributed by atoms with van der Waals surface area (Å²) in [5, 5.41) is 0. The molecule has 3 nitrogen and oxygen atoms in total. The molecule has 0 radical (unpaired) electrons. The van der Waals surface area contributed by atoms with Crippen LogP contribution in [0.3, 0.4) is 0 Å². The quantitative estimate of drug-likeness (QED) is 0.830. The summed E-state index contributed by atoms with van der Waals surface area (Å²) in [6.07, 6.45) is 0.810. The molecular weight excluding hydrogens is 335 g/mol. The third kappa shape index (κ3) is 4.04. The van der Waals surface area contributed by atoms with Crippen LogP contribution in [0.2, 0.25) is 0 Å². The van der Waals surface area contributed by atoms with Gasteiger partial charge in [-0.2, -0.15) is 0 Å². The van der Waals surface area contributed by atoms with Crippen LogP contribution in [0.4, 0.5) is 4.39 Å². The average Bonchev–Trinajstić information content (AvgIpc) is 2.41. The van der Waals surface area contributed by atoms with Crippen LogP contribution in [0.15, 0.2) is 22.7 Å². The molecule has 0 spiro atoms. The molecule has 2 atom stereocenters. The van der Waals surface area contributed by atoms with E-state index in [0.29, 0.717) is 24.4 Å². The molecule has 21 heavy (non-hydrogen) atoms. The summed E-state index contributed by atoms with van der Waals surface area (Å²) in [7, 11) is 2.08. The SMILES string of the molecule is C[C@H]1CN(C(=O)CCc2ccc(Br)cc2F)[C@@H](C)CN1C. The lowest BCUT2D eigenvalue weighted by atomic mass is 10.1. The number of piperazine rings is 1. The monoisotopic (exact) mass is 356 g/mol. The summed E-state index contributed by atoms with van der Waals surface area (Å²) in [5.41, 5.74) is 0.598. The predicted octanol–water partition coefficient (Wildman–Crippen LogP) is 3.07. The first-order chi connectivity index (χ1) is 9.88. The molecule has 1 aromatic rings. The number of hydrogen-bond acceptors (Lipinski definition) is 2. The zero-order valence-corrected chi connectivity index (χ0v) is 14.4. The molecule has 2 rings (SSSR count). The van der Waals surface area contributed by atoms with Gasteiger partial charge in [-0.15, -0.1) is 0 Å². The summed E-state index contributed by atoms with van der Waals surface area (Å²) in [6, 6.07) is 5.58. The topological polar surface area (TPSA) is 23.6 Å². The summed E-state index contributed by atoms with van der Waals surface area (Å²) in [6.45, 7) is 5.83. The molecule has 116 valence electrons. The molecule has 1 aromatic carbocycles. The van der Waals surface area contributed by atoms with E-state index < -0.39 is 0 Å². The second kappa shape index (κ2) is 6.88. The van der Waals surface area contributed by atoms with Gasteiger partial charge in [-0.25, -0.2) is 4.39 Å². The van der Waals surface area contributed by atoms with Gasteiger partial charge in [0.1, 0.15) is 5.82 Å². The Morgan fingerprint density at radius 1 is 1.33 bits per heavy atom. The number of halogens is 2. The summed E-state index contributed by atoms with van der Waals surface area (Å²) < 4.78 is 14.5. The van der Waals surface area contributed by atoms with Gasteiger partial charge >= 0.3 is 0 Å². The first kappa shape index (κ1) is 16.4. The van der Waals surface area contributed by atoms with Crippen LogP contribution in [0, 0.1) is 5.82 Å². The third-order valence-corrected chi connectivity index (χ3v) is 4.73. The molecule has 1 saturated heterocycles. The largest absolute Gasteiger partial charge is 0.337 e. The van der Waals surface area contributed by atoms with Crippen molar-refractivity contribution in [3.8, 4) is 0 Å². The van der Waals surface area contributed by atoms with Crippen LogP contribution >= 0.6 is 15.9 Å². The summed E-state index contributed by atoms with van der Waals surface area (Å²) >= 11 is 3.24. The standard InChI is InChI=1S/C16H22BrFN2O/c1-11-10-20(12(2)9-19(11)3)16(21)7-5-13-4-6-14(17)8-15(13)18/h4,6,8,11-12H,5,7,9-10H2,1-3H3/t11-,12-/m0/s1. The van der Waals surface area contributed by atoms with Gasteiger partial charge < -0.3 is 4.90 Å². The Hall–Kier alpha value is -0.940. The maximum absolute atomic E-state index is 13.8. The number of amides is 1. The Bertz CT molecular complexity index is 523. The Morgan fingerprint density at radius 2 is 2.05 bits per heavy atom. The van der Waals surface area contributed by atoms with Gasteiger partial charge in [-0.3, -0.25) is 9.69 Å². The number of benzene rings is 1. The number of aryl methyl sites for hydroxylation is 1. The summed E-state index contributed by atoms with van der Waals surface area (Å²) in [5.74, 6) is -0.137. The van der Waals surface area contributed by atoms with E-state index in [4.69, 9.17) is 0 Å². The second-order valence-corrected chi connectivity index (χ2v) is 6.84. The lowest BCUT2D eigenvalue weighted by molar-refractivity contribution is -0.136. The summed E-state index contributed by atoms with van der Waals surface area (Å²) in [4.78, 5) is 16.6. The van der Waals surface area contributed by atoms with Gasteiger partial charge in [0.15, 0.2) is 0 Å². The highest BCUT2D eigenvalue weighted by Crippen LogP contribution is 2.19. The molecule has 1 heterocycles. The molecule has 0 saturated carbocycles. The first-order valence-electron chi connectivity index (χ1n) is 7.32. The van der Waals surface area contributed by atoms with E-state index in [9.17, 15) is 9.18 Å². The van der Waals surface area contributed by atoms with Crippen molar-refractivity contribution < 1.29 is 9.18 Å². The van der Waals surface area contributed by atoms with Gasteiger partial charge in [0.2, 0.25) is 5.91 Å². The third-order valence-electron chi connectivity index (χ3n) is 4.24. The van der Waals surface area contributed by atoms with Crippen molar-refractivity contribution in [2.24, 2.45) is 0 Å². The lowest BCUT2D eigenvalue weighted by Crippen LogP contribution is -2.56. The van der Waals surface area contributed by atoms with Crippen LogP contribution in [0.1, 0.15) is 25.8 Å². The van der Waals surface area contributed by atoms with E-state index in [2.05, 4.69) is 41.7 Å². The fourth-order valence-corrected chi connectivity index (χ4v) is 3.09. The van der Waals surface area contributed by atoms with E-state index in [1.165, 1.54) is 6.07 Å². The fourth-order valence-electron chi connectivity index (χ4n) is 2.76. The van der Waals surface area contributed by atoms with Gasteiger partial charge in [-0.05, 0) is 45.0 Å². The minimum atomic E-state index is -0.253. The van der Waals surface area contributed by atoms with Crippen LogP contribution < -0.4 is 0 Å². The maximum atomic E-state index is 13.8. The van der Waals surface area contributed by atoms with Crippen molar-refractivity contribution in [2.45, 2.75) is 38.8 Å². The van der Waals surface area contributed by atoms with Crippen molar-refractivity contribution in [2.75, 3.05) is 20.1 Å². The number of carbonyl (C=O) groups excluding carboxylic acids is 1. The molecule has 1 fully saturated rings. The number of likely N-dealkylation sites (N-methyl/N-ethyl adjacent to an activating group) is 1.